The molecule has 0 unspecified atom stereocenters. The molecule has 0 heterocycles. The lowest BCUT2D eigenvalue weighted by molar-refractivity contribution is 1.09. The fraction of sp³-hybridized carbons (Fsp3) is 0.600. The molecule has 0 saturated carbocycles. The third kappa shape index (κ3) is 20.1. The molecule has 3 nitrogen and oxygen atoms in total. The molecule has 0 aliphatic heterocycles. The maximum absolute atomic E-state index is 4.11. The van der Waals surface area contributed by atoms with E-state index < -0.39 is 0 Å². The molecule has 0 amide bonds. The molecular weight excluding hydrogens is 222 g/mol. The van der Waals surface area contributed by atoms with Crippen molar-refractivity contribution in [2.24, 2.45) is 9.98 Å². The largest absolute Gasteiger partial charge is 0.349 e. The highest BCUT2D eigenvalue weighted by Gasteiger charge is 1.91. The van der Waals surface area contributed by atoms with Gasteiger partial charge in [-0.25, -0.2) is 0 Å². The SMILES string of the molecule is C=C/C(N=CC)=C(/C)NC=NC.CC.CC.CC. The molecule has 3 heteroatoms. The van der Waals surface area contributed by atoms with Crippen LogP contribution in [0.2, 0.25) is 0 Å². The number of nitrogens with zero attached hydrogens (tertiary/aromatic N) is 2. The second kappa shape index (κ2) is 29.6. The molecule has 0 spiro atoms. The van der Waals surface area contributed by atoms with Crippen LogP contribution in [0.15, 0.2) is 34.0 Å². The van der Waals surface area contributed by atoms with Gasteiger partial charge in [-0.3, -0.25) is 9.98 Å². The Morgan fingerprint density at radius 3 is 1.78 bits per heavy atom. The lowest BCUT2D eigenvalue weighted by atomic mass is 10.3. The minimum atomic E-state index is 0.831. The summed E-state index contributed by atoms with van der Waals surface area (Å²) < 4.78 is 0. The first-order valence-electron chi connectivity index (χ1n) is 6.75. The Bertz CT molecular complexity index is 226. The van der Waals surface area contributed by atoms with E-state index in [2.05, 4.69) is 21.9 Å². The van der Waals surface area contributed by atoms with Crippen LogP contribution < -0.4 is 5.32 Å². The molecule has 1 N–H and O–H groups in total. The van der Waals surface area contributed by atoms with E-state index in [1.165, 1.54) is 0 Å². The van der Waals surface area contributed by atoms with Crippen molar-refractivity contribution in [1.82, 2.24) is 5.32 Å². The summed E-state index contributed by atoms with van der Waals surface area (Å²) in [7, 11) is 1.71. The summed E-state index contributed by atoms with van der Waals surface area (Å²) in [6, 6.07) is 0. The zero-order chi connectivity index (χ0) is 15.4. The normalized spacial score (nSPS) is 10.1. The van der Waals surface area contributed by atoms with Crippen LogP contribution in [0, 0.1) is 0 Å². The molecule has 0 aromatic rings. The molecule has 18 heavy (non-hydrogen) atoms. The van der Waals surface area contributed by atoms with Crippen molar-refractivity contribution in [3.63, 3.8) is 0 Å². The Morgan fingerprint density at radius 2 is 1.50 bits per heavy atom. The van der Waals surface area contributed by atoms with Gasteiger partial charge >= 0.3 is 0 Å². The monoisotopic (exact) mass is 255 g/mol. The second-order valence-corrected chi connectivity index (χ2v) is 2.13. The summed E-state index contributed by atoms with van der Waals surface area (Å²) in [4.78, 5) is 7.90. The van der Waals surface area contributed by atoms with Crippen molar-refractivity contribution >= 4 is 12.6 Å². The molecule has 0 radical (unpaired) electrons. The first-order valence-corrected chi connectivity index (χ1v) is 6.75. The topological polar surface area (TPSA) is 36.8 Å². The van der Waals surface area contributed by atoms with Crippen molar-refractivity contribution in [3.05, 3.63) is 24.0 Å². The van der Waals surface area contributed by atoms with Gasteiger partial charge in [-0.15, -0.1) is 0 Å². The summed E-state index contributed by atoms with van der Waals surface area (Å²) in [6.45, 7) is 19.4. The smallest absolute Gasteiger partial charge is 0.0862 e. The van der Waals surface area contributed by atoms with Crippen molar-refractivity contribution < 1.29 is 0 Å². The van der Waals surface area contributed by atoms with Crippen molar-refractivity contribution in [3.8, 4) is 0 Å². The number of hydrogen-bond acceptors (Lipinski definition) is 2. The Labute approximate surface area is 115 Å². The minimum Gasteiger partial charge on any atom is -0.349 e. The molecule has 0 aromatic carbocycles. The Hall–Kier alpha value is -1.38. The summed E-state index contributed by atoms with van der Waals surface area (Å²) in [5.74, 6) is 0. The summed E-state index contributed by atoms with van der Waals surface area (Å²) >= 11 is 0. The summed E-state index contributed by atoms with van der Waals surface area (Å²) in [6.07, 6.45) is 5.04. The van der Waals surface area contributed by atoms with Crippen LogP contribution in [-0.4, -0.2) is 19.6 Å². The Morgan fingerprint density at radius 1 is 1.06 bits per heavy atom. The zero-order valence-electron chi connectivity index (χ0n) is 13.8. The quantitative estimate of drug-likeness (QED) is 0.436. The van der Waals surface area contributed by atoms with Gasteiger partial charge in [0, 0.05) is 19.0 Å². The van der Waals surface area contributed by atoms with Crippen molar-refractivity contribution in [1.29, 1.82) is 0 Å². The van der Waals surface area contributed by atoms with Gasteiger partial charge in [-0.05, 0) is 19.9 Å². The maximum atomic E-state index is 4.11. The van der Waals surface area contributed by atoms with Crippen LogP contribution >= 0.6 is 0 Å². The third-order valence-corrected chi connectivity index (χ3v) is 1.26. The van der Waals surface area contributed by atoms with Gasteiger partial charge in [0.2, 0.25) is 0 Å². The molecular formula is C15H33N3. The van der Waals surface area contributed by atoms with Crippen molar-refractivity contribution in [2.75, 3.05) is 7.05 Å². The Kier molecular flexibility index (Phi) is 41.9. The van der Waals surface area contributed by atoms with Crippen molar-refractivity contribution in [2.45, 2.75) is 55.4 Å². The summed E-state index contributed by atoms with van der Waals surface area (Å²) in [5, 5.41) is 2.97. The summed E-state index contributed by atoms with van der Waals surface area (Å²) in [5.41, 5.74) is 1.77. The highest BCUT2D eigenvalue weighted by Crippen LogP contribution is 2.02. The number of aliphatic imine (C=N–C) groups is 2. The average Bonchev–Trinajstić information content (AvgIpc) is 2.48. The third-order valence-electron chi connectivity index (χ3n) is 1.26. The predicted molar refractivity (Wildman–Crippen MR) is 88.7 cm³/mol. The fourth-order valence-corrected chi connectivity index (χ4v) is 0.677. The highest BCUT2D eigenvalue weighted by atomic mass is 14.9. The molecule has 0 saturated heterocycles. The van der Waals surface area contributed by atoms with E-state index in [0.29, 0.717) is 0 Å². The predicted octanol–water partition coefficient (Wildman–Crippen LogP) is 4.82. The highest BCUT2D eigenvalue weighted by molar-refractivity contribution is 5.59. The van der Waals surface area contributed by atoms with Gasteiger partial charge < -0.3 is 5.32 Å². The van der Waals surface area contributed by atoms with E-state index in [1.54, 1.807) is 25.7 Å². The van der Waals surface area contributed by atoms with Gasteiger partial charge in [0.25, 0.3) is 0 Å². The number of allylic oxidation sites excluding steroid dienone is 2. The van der Waals surface area contributed by atoms with E-state index >= 15 is 0 Å². The standard InChI is InChI=1S/C9H15N3.3C2H6/c1-5-9(11-6-2)8(3)12-7-10-4;3*1-2/h5-7H,1H2,2-4H3,(H,10,12);3*1-2H3/b9-8+,11-6?;;;. The van der Waals surface area contributed by atoms with E-state index in [-0.39, 0.29) is 0 Å². The Balaban J connectivity index is -0.000000141. The first kappa shape index (κ1) is 25.5. The van der Waals surface area contributed by atoms with Crippen LogP contribution in [0.1, 0.15) is 55.4 Å². The maximum Gasteiger partial charge on any atom is 0.0862 e. The fourth-order valence-electron chi connectivity index (χ4n) is 0.677. The van der Waals surface area contributed by atoms with E-state index in [4.69, 9.17) is 0 Å². The van der Waals surface area contributed by atoms with Gasteiger partial charge in [0.15, 0.2) is 0 Å². The van der Waals surface area contributed by atoms with Crippen LogP contribution in [-0.2, 0) is 0 Å². The molecule has 0 bridgehead atoms. The molecule has 0 aliphatic rings. The van der Waals surface area contributed by atoms with E-state index in [9.17, 15) is 0 Å². The van der Waals surface area contributed by atoms with Crippen LogP contribution in [0.4, 0.5) is 0 Å². The van der Waals surface area contributed by atoms with E-state index in [1.807, 2.05) is 55.4 Å². The van der Waals surface area contributed by atoms with Crippen LogP contribution in [0.5, 0.6) is 0 Å². The zero-order valence-corrected chi connectivity index (χ0v) is 13.8. The van der Waals surface area contributed by atoms with Crippen LogP contribution in [0.3, 0.4) is 0 Å². The average molecular weight is 255 g/mol. The van der Waals surface area contributed by atoms with E-state index in [0.717, 1.165) is 11.4 Å². The minimum absolute atomic E-state index is 0.831. The molecule has 0 atom stereocenters. The van der Waals surface area contributed by atoms with Gasteiger partial charge in [0.05, 0.1) is 12.0 Å². The number of rotatable bonds is 4. The molecule has 0 aliphatic carbocycles. The molecule has 108 valence electrons. The van der Waals surface area contributed by atoms with Gasteiger partial charge in [-0.1, -0.05) is 48.1 Å². The number of nitrogens with one attached hydrogen (secondary N) is 1. The molecule has 0 fully saturated rings. The lowest BCUT2D eigenvalue weighted by Gasteiger charge is -2.01. The molecule has 0 aromatic heterocycles. The van der Waals surface area contributed by atoms with Gasteiger partial charge in [-0.2, -0.15) is 0 Å². The van der Waals surface area contributed by atoms with Crippen LogP contribution in [0.25, 0.3) is 0 Å². The van der Waals surface area contributed by atoms with Gasteiger partial charge in [0.1, 0.15) is 0 Å². The lowest BCUT2D eigenvalue weighted by Crippen LogP contribution is -2.09. The second-order valence-electron chi connectivity index (χ2n) is 2.13. The number of hydrogen-bond donors (Lipinski definition) is 1. The molecule has 0 rings (SSSR count). The first-order chi connectivity index (χ1) is 8.76.